The number of Topliss-reactive ketones (excluding diaryl/α,β-unsaturated/α-hetero) is 1. The van der Waals surface area contributed by atoms with Gasteiger partial charge >= 0.3 is 6.61 Å². The largest absolute Gasteiger partial charge is 0.435 e. The fraction of sp³-hybridized carbons (Fsp3) is 0.222. The maximum absolute atomic E-state index is 11.9. The van der Waals surface area contributed by atoms with Crippen molar-refractivity contribution in [3.8, 4) is 5.75 Å². The molecule has 6 heteroatoms. The monoisotopic (exact) mass is 346 g/mol. The van der Waals surface area contributed by atoms with Crippen LogP contribution in [0.5, 0.6) is 5.75 Å². The van der Waals surface area contributed by atoms with Gasteiger partial charge in [-0.1, -0.05) is 11.6 Å². The standard InChI is InChI=1S/C9H6ClF2IO2/c1-4(14)8-6(10)2-5(3-7(8)13)15-9(11)12/h2-3,9H,1H3. The molecule has 0 fully saturated rings. The van der Waals surface area contributed by atoms with Crippen molar-refractivity contribution in [1.82, 2.24) is 0 Å². The minimum absolute atomic E-state index is 0.0515. The third-order valence-electron chi connectivity index (χ3n) is 1.59. The molecule has 0 aliphatic rings. The Morgan fingerprint density at radius 3 is 2.53 bits per heavy atom. The number of carbonyl (C=O) groups is 1. The molecule has 0 aliphatic carbocycles. The number of hydrogen-bond acceptors (Lipinski definition) is 2. The van der Waals surface area contributed by atoms with Gasteiger partial charge in [0.05, 0.1) is 5.02 Å². The molecule has 0 spiro atoms. The number of benzene rings is 1. The van der Waals surface area contributed by atoms with Gasteiger partial charge in [0.2, 0.25) is 0 Å². The number of hydrogen-bond donors (Lipinski definition) is 0. The van der Waals surface area contributed by atoms with Gasteiger partial charge in [-0.05, 0) is 41.6 Å². The Hall–Kier alpha value is -0.430. The van der Waals surface area contributed by atoms with Crippen molar-refractivity contribution >= 4 is 40.0 Å². The summed E-state index contributed by atoms with van der Waals surface area (Å²) in [6, 6.07) is 2.54. The van der Waals surface area contributed by atoms with Gasteiger partial charge in [0.25, 0.3) is 0 Å². The maximum atomic E-state index is 11.9. The molecular formula is C9H6ClF2IO2. The predicted octanol–water partition coefficient (Wildman–Crippen LogP) is 3.75. The Morgan fingerprint density at radius 2 is 2.13 bits per heavy atom. The van der Waals surface area contributed by atoms with E-state index in [-0.39, 0.29) is 16.6 Å². The fourth-order valence-electron chi connectivity index (χ4n) is 1.06. The average molecular weight is 346 g/mol. The van der Waals surface area contributed by atoms with Gasteiger partial charge in [-0.15, -0.1) is 0 Å². The summed E-state index contributed by atoms with van der Waals surface area (Å²) in [6.07, 6.45) is 0. The lowest BCUT2D eigenvalue weighted by atomic mass is 10.1. The summed E-state index contributed by atoms with van der Waals surface area (Å²) in [5.74, 6) is -0.266. The Labute approximate surface area is 104 Å². The molecule has 0 atom stereocenters. The zero-order valence-electron chi connectivity index (χ0n) is 7.56. The van der Waals surface area contributed by atoms with Crippen molar-refractivity contribution in [3.63, 3.8) is 0 Å². The highest BCUT2D eigenvalue weighted by Gasteiger charge is 2.14. The van der Waals surface area contributed by atoms with Crippen molar-refractivity contribution in [2.75, 3.05) is 0 Å². The van der Waals surface area contributed by atoms with Gasteiger partial charge in [0, 0.05) is 9.13 Å². The van der Waals surface area contributed by atoms with Gasteiger partial charge in [-0.2, -0.15) is 8.78 Å². The minimum atomic E-state index is -2.90. The molecule has 0 aromatic heterocycles. The van der Waals surface area contributed by atoms with Crippen LogP contribution in [-0.4, -0.2) is 12.4 Å². The Morgan fingerprint density at radius 1 is 1.53 bits per heavy atom. The first kappa shape index (κ1) is 12.6. The lowest BCUT2D eigenvalue weighted by molar-refractivity contribution is -0.0498. The van der Waals surface area contributed by atoms with E-state index in [0.29, 0.717) is 9.13 Å². The van der Waals surface area contributed by atoms with Crippen LogP contribution in [-0.2, 0) is 0 Å². The molecule has 0 bridgehead atoms. The first-order chi connectivity index (χ1) is 6.91. The molecule has 0 saturated carbocycles. The quantitative estimate of drug-likeness (QED) is 0.615. The summed E-state index contributed by atoms with van der Waals surface area (Å²) in [4.78, 5) is 11.1. The topological polar surface area (TPSA) is 26.3 Å². The van der Waals surface area contributed by atoms with Gasteiger partial charge < -0.3 is 4.74 Å². The van der Waals surface area contributed by atoms with Gasteiger partial charge in [0.1, 0.15) is 5.75 Å². The van der Waals surface area contributed by atoms with Crippen molar-refractivity contribution in [3.05, 3.63) is 26.3 Å². The minimum Gasteiger partial charge on any atom is -0.435 e. The lowest BCUT2D eigenvalue weighted by Crippen LogP contribution is -2.04. The molecule has 0 heterocycles. The molecule has 0 aliphatic heterocycles. The highest BCUT2D eigenvalue weighted by molar-refractivity contribution is 14.1. The van der Waals surface area contributed by atoms with E-state index in [9.17, 15) is 13.6 Å². The highest BCUT2D eigenvalue weighted by Crippen LogP contribution is 2.29. The number of alkyl halides is 2. The molecule has 1 aromatic carbocycles. The molecule has 0 N–H and O–H groups in total. The van der Waals surface area contributed by atoms with E-state index < -0.39 is 6.61 Å². The summed E-state index contributed by atoms with van der Waals surface area (Å²) in [5.41, 5.74) is 0.318. The molecule has 1 rings (SSSR count). The maximum Gasteiger partial charge on any atom is 0.387 e. The number of carbonyl (C=O) groups excluding carboxylic acids is 1. The second-order valence-electron chi connectivity index (χ2n) is 2.70. The highest BCUT2D eigenvalue weighted by atomic mass is 127. The number of rotatable bonds is 3. The molecule has 82 valence electrons. The average Bonchev–Trinajstić information content (AvgIpc) is 1.99. The van der Waals surface area contributed by atoms with Crippen molar-refractivity contribution in [1.29, 1.82) is 0 Å². The number of halogens is 4. The molecule has 0 radical (unpaired) electrons. The van der Waals surface area contributed by atoms with E-state index in [0.717, 1.165) is 0 Å². The second kappa shape index (κ2) is 5.07. The number of ether oxygens (including phenoxy) is 1. The molecule has 1 aromatic rings. The van der Waals surface area contributed by atoms with Crippen LogP contribution in [0.2, 0.25) is 5.02 Å². The summed E-state index contributed by atoms with van der Waals surface area (Å²) in [6.45, 7) is -1.54. The predicted molar refractivity (Wildman–Crippen MR) is 60.8 cm³/mol. The van der Waals surface area contributed by atoms with E-state index in [2.05, 4.69) is 4.74 Å². The van der Waals surface area contributed by atoms with Crippen molar-refractivity contribution in [2.24, 2.45) is 0 Å². The first-order valence-electron chi connectivity index (χ1n) is 3.86. The Balaban J connectivity index is 3.14. The van der Waals surface area contributed by atoms with Crippen molar-refractivity contribution < 1.29 is 18.3 Å². The summed E-state index contributed by atoms with van der Waals surface area (Å²) < 4.78 is 28.5. The smallest absolute Gasteiger partial charge is 0.387 e. The Kier molecular flexibility index (Phi) is 4.27. The molecule has 2 nitrogen and oxygen atoms in total. The zero-order valence-corrected chi connectivity index (χ0v) is 10.5. The SMILES string of the molecule is CC(=O)c1c(Cl)cc(OC(F)F)cc1I. The zero-order chi connectivity index (χ0) is 11.6. The molecule has 0 saturated heterocycles. The van der Waals surface area contributed by atoms with Crippen molar-refractivity contribution in [2.45, 2.75) is 13.5 Å². The van der Waals surface area contributed by atoms with Crippen LogP contribution in [0.1, 0.15) is 17.3 Å². The van der Waals surface area contributed by atoms with Crippen LogP contribution < -0.4 is 4.74 Å². The first-order valence-corrected chi connectivity index (χ1v) is 5.32. The van der Waals surface area contributed by atoms with E-state index in [1.165, 1.54) is 19.1 Å². The van der Waals surface area contributed by atoms with E-state index in [1.54, 1.807) is 0 Å². The van der Waals surface area contributed by atoms with Crippen LogP contribution >= 0.6 is 34.2 Å². The molecule has 0 amide bonds. The van der Waals surface area contributed by atoms with Crippen LogP contribution in [0, 0.1) is 3.57 Å². The summed E-state index contributed by atoms with van der Waals surface area (Å²) in [5, 5.41) is 0.116. The molecular weight excluding hydrogens is 340 g/mol. The number of ketones is 1. The second-order valence-corrected chi connectivity index (χ2v) is 4.27. The molecule has 0 unspecified atom stereocenters. The van der Waals surface area contributed by atoms with Gasteiger partial charge in [-0.3, -0.25) is 4.79 Å². The van der Waals surface area contributed by atoms with Crippen LogP contribution in [0.3, 0.4) is 0 Å². The summed E-state index contributed by atoms with van der Waals surface area (Å²) >= 11 is 7.61. The fourth-order valence-corrected chi connectivity index (χ4v) is 2.54. The van der Waals surface area contributed by atoms with Crippen LogP contribution in [0.25, 0.3) is 0 Å². The summed E-state index contributed by atoms with van der Waals surface area (Å²) in [7, 11) is 0. The normalized spacial score (nSPS) is 10.5. The third kappa shape index (κ3) is 3.27. The Bertz CT molecular complexity index is 373. The van der Waals surface area contributed by atoms with Gasteiger partial charge in [-0.25, -0.2) is 0 Å². The molecule has 15 heavy (non-hydrogen) atoms. The third-order valence-corrected chi connectivity index (χ3v) is 2.74. The van der Waals surface area contributed by atoms with E-state index in [1.807, 2.05) is 22.6 Å². The van der Waals surface area contributed by atoms with Crippen LogP contribution in [0.15, 0.2) is 12.1 Å². The van der Waals surface area contributed by atoms with Crippen LogP contribution in [0.4, 0.5) is 8.78 Å². The van der Waals surface area contributed by atoms with E-state index >= 15 is 0 Å². The van der Waals surface area contributed by atoms with E-state index in [4.69, 9.17) is 11.6 Å². The van der Waals surface area contributed by atoms with Gasteiger partial charge in [0.15, 0.2) is 5.78 Å². The lowest BCUT2D eigenvalue weighted by Gasteiger charge is -2.08.